The van der Waals surface area contributed by atoms with Crippen LogP contribution < -0.4 is 32.8 Å². The van der Waals surface area contributed by atoms with E-state index >= 15 is 0 Å². The minimum Gasteiger partial charge on any atom is -0.343 e. The first-order valence-electron chi connectivity index (χ1n) is 12.6. The molecule has 2 aromatic carbocycles. The van der Waals surface area contributed by atoms with E-state index in [2.05, 4.69) is 15.6 Å². The third kappa shape index (κ3) is 8.46. The summed E-state index contributed by atoms with van der Waals surface area (Å²) in [5.41, 5.74) is 17.9. The number of para-hydroxylation sites is 1. The molecule has 0 unspecified atom stereocenters. The number of hydrogen-bond donors (Lipinski definition) is 5. The van der Waals surface area contributed by atoms with Crippen molar-refractivity contribution in [1.29, 1.82) is 0 Å². The molecule has 10 nitrogen and oxygen atoms in total. The Kier molecular flexibility index (Phi) is 10.5. The van der Waals surface area contributed by atoms with Crippen LogP contribution in [0, 0.1) is 0 Å². The predicted octanol–water partition coefficient (Wildman–Crippen LogP) is 1.15. The SMILES string of the molecule is NCCN(CN)C(=O)CC[C@H](N)C(=O)N[C@H](Cc1ccc(C(F)(F)F)cc1)C(=O)Nc1c[nH+]c2ccccc2c1. The summed E-state index contributed by atoms with van der Waals surface area (Å²) in [6, 6.07) is 11.2. The average Bonchev–Trinajstić information content (AvgIpc) is 2.93. The van der Waals surface area contributed by atoms with Crippen molar-refractivity contribution in [1.82, 2.24) is 10.2 Å². The van der Waals surface area contributed by atoms with E-state index in [1.165, 1.54) is 17.0 Å². The van der Waals surface area contributed by atoms with Crippen molar-refractivity contribution in [3.05, 3.63) is 71.9 Å². The largest absolute Gasteiger partial charge is 0.416 e. The number of halogens is 3. The number of nitrogens with zero attached hydrogens (tertiary/aromatic N) is 1. The van der Waals surface area contributed by atoms with Gasteiger partial charge in [0.15, 0.2) is 6.20 Å². The lowest BCUT2D eigenvalue weighted by molar-refractivity contribution is -0.343. The molecule has 0 saturated carbocycles. The van der Waals surface area contributed by atoms with Gasteiger partial charge in [0.25, 0.3) is 0 Å². The van der Waals surface area contributed by atoms with Gasteiger partial charge in [0, 0.05) is 37.4 Å². The molecule has 214 valence electrons. The number of rotatable bonds is 12. The zero-order valence-electron chi connectivity index (χ0n) is 21.7. The van der Waals surface area contributed by atoms with Crippen LogP contribution in [0.1, 0.15) is 24.0 Å². The lowest BCUT2D eigenvalue weighted by Crippen LogP contribution is -2.51. The Labute approximate surface area is 229 Å². The van der Waals surface area contributed by atoms with Crippen LogP contribution in [-0.2, 0) is 27.0 Å². The van der Waals surface area contributed by atoms with E-state index in [0.29, 0.717) is 11.3 Å². The van der Waals surface area contributed by atoms with Gasteiger partial charge in [-0.3, -0.25) is 14.4 Å². The molecule has 0 saturated heterocycles. The molecule has 13 heteroatoms. The molecule has 0 radical (unpaired) electrons. The highest BCUT2D eigenvalue weighted by Gasteiger charge is 2.31. The number of benzene rings is 2. The van der Waals surface area contributed by atoms with Gasteiger partial charge >= 0.3 is 6.18 Å². The maximum Gasteiger partial charge on any atom is 0.416 e. The Hall–Kier alpha value is -4.07. The van der Waals surface area contributed by atoms with Gasteiger partial charge in [0.2, 0.25) is 23.2 Å². The van der Waals surface area contributed by atoms with E-state index in [1.807, 2.05) is 24.3 Å². The van der Waals surface area contributed by atoms with Crippen molar-refractivity contribution >= 4 is 34.3 Å². The van der Waals surface area contributed by atoms with Crippen LogP contribution in [0.25, 0.3) is 10.9 Å². The van der Waals surface area contributed by atoms with E-state index in [1.54, 1.807) is 12.3 Å². The first-order valence-corrected chi connectivity index (χ1v) is 12.6. The van der Waals surface area contributed by atoms with Crippen molar-refractivity contribution in [2.24, 2.45) is 17.2 Å². The van der Waals surface area contributed by atoms with Crippen molar-refractivity contribution < 1.29 is 32.5 Å². The number of aromatic amines is 1. The Morgan fingerprint density at radius 3 is 2.35 bits per heavy atom. The van der Waals surface area contributed by atoms with E-state index in [0.717, 1.165) is 23.0 Å². The van der Waals surface area contributed by atoms with E-state index in [9.17, 15) is 27.6 Å². The van der Waals surface area contributed by atoms with Gasteiger partial charge in [-0.05, 0) is 36.2 Å². The van der Waals surface area contributed by atoms with Crippen LogP contribution in [0.5, 0.6) is 0 Å². The Bertz CT molecular complexity index is 1320. The molecule has 0 bridgehead atoms. The normalized spacial score (nSPS) is 12.9. The molecule has 0 fully saturated rings. The summed E-state index contributed by atoms with van der Waals surface area (Å²) in [6.07, 6.45) is -3.10. The van der Waals surface area contributed by atoms with Crippen LogP contribution in [0.2, 0.25) is 0 Å². The van der Waals surface area contributed by atoms with Gasteiger partial charge in [-0.25, -0.2) is 4.98 Å². The molecule has 0 aliphatic carbocycles. The number of pyridine rings is 1. The fourth-order valence-electron chi connectivity index (χ4n) is 4.02. The first-order chi connectivity index (χ1) is 19.0. The Morgan fingerprint density at radius 1 is 1.00 bits per heavy atom. The number of aromatic nitrogens is 1. The lowest BCUT2D eigenvalue weighted by atomic mass is 10.0. The number of carbonyl (C=O) groups excluding carboxylic acids is 3. The fraction of sp³-hybridized carbons (Fsp3) is 0.333. The zero-order chi connectivity index (χ0) is 29.3. The summed E-state index contributed by atoms with van der Waals surface area (Å²) in [5, 5.41) is 6.14. The molecule has 3 amide bonds. The topological polar surface area (TPSA) is 171 Å². The van der Waals surface area contributed by atoms with Crippen molar-refractivity contribution in [2.75, 3.05) is 25.1 Å². The second kappa shape index (κ2) is 13.8. The summed E-state index contributed by atoms with van der Waals surface area (Å²) in [6.45, 7) is 0.461. The molecule has 1 heterocycles. The molecule has 9 N–H and O–H groups in total. The standard InChI is InChI=1S/C27H32F3N7O3/c28-27(29,30)19-7-5-17(6-8-19)13-23(26(40)35-20-14-18-3-1-2-4-22(18)34-15-20)36-25(39)21(33)9-10-24(38)37(16-32)12-11-31/h1-8,14-15,21,23H,9-13,16,31-33H2,(H,35,40)(H,36,39)/p+1/t21-,23+/m0/s1. The lowest BCUT2D eigenvalue weighted by Gasteiger charge is -2.22. The van der Waals surface area contributed by atoms with E-state index < -0.39 is 35.6 Å². The third-order valence-electron chi connectivity index (χ3n) is 6.25. The first kappa shape index (κ1) is 30.5. The van der Waals surface area contributed by atoms with Gasteiger partial charge in [0.05, 0.1) is 18.3 Å². The number of fused-ring (bicyclic) bond motifs is 1. The monoisotopic (exact) mass is 560 g/mol. The smallest absolute Gasteiger partial charge is 0.343 e. The molecule has 0 aliphatic heterocycles. The molecule has 40 heavy (non-hydrogen) atoms. The van der Waals surface area contributed by atoms with Gasteiger partial charge in [-0.15, -0.1) is 0 Å². The predicted molar refractivity (Wildman–Crippen MR) is 143 cm³/mol. The number of nitrogens with one attached hydrogen (secondary N) is 3. The summed E-state index contributed by atoms with van der Waals surface area (Å²) in [4.78, 5) is 42.9. The third-order valence-corrected chi connectivity index (χ3v) is 6.25. The zero-order valence-corrected chi connectivity index (χ0v) is 21.7. The number of nitrogens with two attached hydrogens (primary N) is 3. The van der Waals surface area contributed by atoms with Crippen LogP contribution in [0.3, 0.4) is 0 Å². The van der Waals surface area contributed by atoms with Crippen LogP contribution >= 0.6 is 0 Å². The second-order valence-electron chi connectivity index (χ2n) is 9.20. The van der Waals surface area contributed by atoms with Gasteiger partial charge in [0.1, 0.15) is 11.7 Å². The molecule has 0 aliphatic rings. The molecule has 0 spiro atoms. The summed E-state index contributed by atoms with van der Waals surface area (Å²) < 4.78 is 39.0. The molecule has 3 aromatic rings. The van der Waals surface area contributed by atoms with Crippen molar-refractivity contribution in [3.63, 3.8) is 0 Å². The van der Waals surface area contributed by atoms with Gasteiger partial charge < -0.3 is 32.7 Å². The highest BCUT2D eigenvalue weighted by molar-refractivity contribution is 5.98. The fourth-order valence-corrected chi connectivity index (χ4v) is 4.02. The average molecular weight is 561 g/mol. The number of carbonyl (C=O) groups is 3. The minimum absolute atomic E-state index is 0.0139. The Balaban J connectivity index is 1.74. The van der Waals surface area contributed by atoms with Crippen molar-refractivity contribution in [3.8, 4) is 0 Å². The summed E-state index contributed by atoms with van der Waals surface area (Å²) in [7, 11) is 0. The van der Waals surface area contributed by atoms with Gasteiger partial charge in [-0.2, -0.15) is 13.2 Å². The van der Waals surface area contributed by atoms with E-state index in [-0.39, 0.29) is 44.9 Å². The number of amides is 3. The summed E-state index contributed by atoms with van der Waals surface area (Å²) in [5.74, 6) is -1.61. The molecule has 2 atom stereocenters. The quantitative estimate of drug-likeness (QED) is 0.208. The molecular weight excluding hydrogens is 527 g/mol. The number of hydrogen-bond acceptors (Lipinski definition) is 6. The maximum absolute atomic E-state index is 13.3. The van der Waals surface area contributed by atoms with Crippen LogP contribution in [0.4, 0.5) is 18.9 Å². The minimum atomic E-state index is -4.51. The van der Waals surface area contributed by atoms with Crippen molar-refractivity contribution in [2.45, 2.75) is 37.5 Å². The maximum atomic E-state index is 13.3. The number of alkyl halides is 3. The Morgan fingerprint density at radius 2 is 1.70 bits per heavy atom. The summed E-state index contributed by atoms with van der Waals surface area (Å²) >= 11 is 0. The molecular formula is C27H33F3N7O3+. The van der Waals surface area contributed by atoms with Gasteiger partial charge in [-0.1, -0.05) is 24.3 Å². The molecule has 3 rings (SSSR count). The second-order valence-corrected chi connectivity index (χ2v) is 9.20. The van der Waals surface area contributed by atoms with E-state index in [4.69, 9.17) is 17.2 Å². The van der Waals surface area contributed by atoms with Crippen LogP contribution in [0.15, 0.2) is 60.8 Å². The highest BCUT2D eigenvalue weighted by Crippen LogP contribution is 2.29. The number of anilines is 1. The van der Waals surface area contributed by atoms with Crippen LogP contribution in [-0.4, -0.2) is 54.5 Å². The number of H-pyrrole nitrogens is 1. The molecule has 1 aromatic heterocycles. The highest BCUT2D eigenvalue weighted by atomic mass is 19.4.